The molecule has 1 heterocycles. The fourth-order valence-electron chi connectivity index (χ4n) is 2.02. The molecule has 0 radical (unpaired) electrons. The van der Waals surface area contributed by atoms with Gasteiger partial charge >= 0.3 is 0 Å². The fourth-order valence-corrected chi connectivity index (χ4v) is 2.02. The van der Waals surface area contributed by atoms with Gasteiger partial charge in [-0.25, -0.2) is 0 Å². The summed E-state index contributed by atoms with van der Waals surface area (Å²) in [4.78, 5) is 2.44. The number of nitrogens with zero attached hydrogens (tertiary/aromatic N) is 1. The SMILES string of the molecule is CCN1C(C)COC1(C)C(C)C. The Balaban J connectivity index is 2.77. The van der Waals surface area contributed by atoms with Crippen LogP contribution in [0, 0.1) is 5.92 Å². The Morgan fingerprint density at radius 1 is 1.58 bits per heavy atom. The Bertz CT molecular complexity index is 158. The van der Waals surface area contributed by atoms with Gasteiger partial charge in [-0.1, -0.05) is 20.8 Å². The van der Waals surface area contributed by atoms with E-state index in [4.69, 9.17) is 4.74 Å². The highest BCUT2D eigenvalue weighted by molar-refractivity contribution is 4.88. The first kappa shape index (κ1) is 10.0. The van der Waals surface area contributed by atoms with Crippen molar-refractivity contribution in [3.8, 4) is 0 Å². The van der Waals surface area contributed by atoms with Gasteiger partial charge in [0, 0.05) is 6.04 Å². The smallest absolute Gasteiger partial charge is 0.121 e. The molecule has 0 aromatic heterocycles. The lowest BCUT2D eigenvalue weighted by molar-refractivity contribution is -0.102. The molecule has 2 nitrogen and oxygen atoms in total. The summed E-state index contributed by atoms with van der Waals surface area (Å²) in [5, 5.41) is 0. The summed E-state index contributed by atoms with van der Waals surface area (Å²) in [7, 11) is 0. The van der Waals surface area contributed by atoms with Gasteiger partial charge < -0.3 is 4.74 Å². The van der Waals surface area contributed by atoms with Crippen molar-refractivity contribution in [1.29, 1.82) is 0 Å². The van der Waals surface area contributed by atoms with Gasteiger partial charge in [0.2, 0.25) is 0 Å². The van der Waals surface area contributed by atoms with Crippen molar-refractivity contribution in [2.24, 2.45) is 5.92 Å². The summed E-state index contributed by atoms with van der Waals surface area (Å²) in [6.07, 6.45) is 0. The standard InChI is InChI=1S/C10H21NO/c1-6-11-9(4)7-12-10(11,5)8(2)3/h8-9H,6-7H2,1-5H3. The molecule has 0 aromatic carbocycles. The molecule has 1 saturated heterocycles. The first-order chi connectivity index (χ1) is 5.52. The predicted octanol–water partition coefficient (Wildman–Crippen LogP) is 2.10. The summed E-state index contributed by atoms with van der Waals surface area (Å²) >= 11 is 0. The zero-order chi connectivity index (χ0) is 9.35. The van der Waals surface area contributed by atoms with Crippen molar-refractivity contribution >= 4 is 0 Å². The van der Waals surface area contributed by atoms with Crippen molar-refractivity contribution < 1.29 is 4.74 Å². The van der Waals surface area contributed by atoms with Crippen LogP contribution in [0.5, 0.6) is 0 Å². The third kappa shape index (κ3) is 1.38. The van der Waals surface area contributed by atoms with E-state index in [1.165, 1.54) is 0 Å². The number of likely N-dealkylation sites (N-methyl/N-ethyl adjacent to an activating group) is 1. The minimum atomic E-state index is -0.0336. The van der Waals surface area contributed by atoms with Crippen molar-refractivity contribution in [3.63, 3.8) is 0 Å². The van der Waals surface area contributed by atoms with Gasteiger partial charge in [0.1, 0.15) is 5.72 Å². The predicted molar refractivity (Wildman–Crippen MR) is 51.0 cm³/mol. The number of hydrogen-bond donors (Lipinski definition) is 0. The van der Waals surface area contributed by atoms with Crippen molar-refractivity contribution in [2.75, 3.05) is 13.2 Å². The molecule has 1 rings (SSSR count). The van der Waals surface area contributed by atoms with E-state index in [9.17, 15) is 0 Å². The fraction of sp³-hybridized carbons (Fsp3) is 1.00. The molecule has 0 amide bonds. The van der Waals surface area contributed by atoms with Gasteiger partial charge in [0.05, 0.1) is 6.61 Å². The molecule has 0 aliphatic carbocycles. The second-order valence-corrected chi connectivity index (χ2v) is 4.16. The average molecular weight is 171 g/mol. The van der Waals surface area contributed by atoms with E-state index >= 15 is 0 Å². The van der Waals surface area contributed by atoms with Crippen molar-refractivity contribution in [1.82, 2.24) is 4.90 Å². The van der Waals surface area contributed by atoms with E-state index in [0.717, 1.165) is 13.2 Å². The molecule has 1 fully saturated rings. The molecule has 0 N–H and O–H groups in total. The Hall–Kier alpha value is -0.0800. The zero-order valence-electron chi connectivity index (χ0n) is 8.92. The van der Waals surface area contributed by atoms with E-state index < -0.39 is 0 Å². The first-order valence-corrected chi connectivity index (χ1v) is 4.93. The summed E-state index contributed by atoms with van der Waals surface area (Å²) < 4.78 is 5.84. The van der Waals surface area contributed by atoms with Crippen LogP contribution in [0.4, 0.5) is 0 Å². The third-order valence-corrected chi connectivity index (χ3v) is 3.13. The van der Waals surface area contributed by atoms with Crippen LogP contribution >= 0.6 is 0 Å². The van der Waals surface area contributed by atoms with Crippen LogP contribution in [0.2, 0.25) is 0 Å². The maximum absolute atomic E-state index is 5.84. The van der Waals surface area contributed by atoms with Gasteiger partial charge in [-0.15, -0.1) is 0 Å². The van der Waals surface area contributed by atoms with Gasteiger partial charge in [-0.2, -0.15) is 0 Å². The topological polar surface area (TPSA) is 12.5 Å². The minimum absolute atomic E-state index is 0.0336. The van der Waals surface area contributed by atoms with Gasteiger partial charge in [-0.3, -0.25) is 4.90 Å². The summed E-state index contributed by atoms with van der Waals surface area (Å²) in [5.41, 5.74) is -0.0336. The van der Waals surface area contributed by atoms with Crippen molar-refractivity contribution in [3.05, 3.63) is 0 Å². The van der Waals surface area contributed by atoms with E-state index in [2.05, 4.69) is 39.5 Å². The lowest BCUT2D eigenvalue weighted by Gasteiger charge is -2.38. The lowest BCUT2D eigenvalue weighted by Crippen LogP contribution is -2.48. The molecular formula is C10H21NO. The van der Waals surface area contributed by atoms with Gasteiger partial charge in [0.15, 0.2) is 0 Å². The van der Waals surface area contributed by atoms with E-state index in [-0.39, 0.29) is 5.72 Å². The molecule has 2 heteroatoms. The Kier molecular flexibility index (Phi) is 2.79. The van der Waals surface area contributed by atoms with Gasteiger partial charge in [0.25, 0.3) is 0 Å². The normalized spacial score (nSPS) is 38.0. The molecule has 1 aliphatic heterocycles. The number of rotatable bonds is 2. The van der Waals surface area contributed by atoms with Crippen molar-refractivity contribution in [2.45, 2.75) is 46.4 Å². The Morgan fingerprint density at radius 2 is 2.17 bits per heavy atom. The van der Waals surface area contributed by atoms with Crippen LogP contribution in [0.3, 0.4) is 0 Å². The van der Waals surface area contributed by atoms with Gasteiger partial charge in [-0.05, 0) is 26.3 Å². The molecule has 0 saturated carbocycles. The Morgan fingerprint density at radius 3 is 2.50 bits per heavy atom. The van der Waals surface area contributed by atoms with Crippen LogP contribution in [0.1, 0.15) is 34.6 Å². The van der Waals surface area contributed by atoms with E-state index in [0.29, 0.717) is 12.0 Å². The monoisotopic (exact) mass is 171 g/mol. The molecule has 12 heavy (non-hydrogen) atoms. The maximum atomic E-state index is 5.84. The molecular weight excluding hydrogens is 150 g/mol. The summed E-state index contributed by atoms with van der Waals surface area (Å²) in [6.45, 7) is 13.0. The molecule has 1 aliphatic rings. The van der Waals surface area contributed by atoms with E-state index in [1.807, 2.05) is 0 Å². The van der Waals surface area contributed by atoms with Crippen LogP contribution in [0.25, 0.3) is 0 Å². The molecule has 72 valence electrons. The summed E-state index contributed by atoms with van der Waals surface area (Å²) in [6, 6.07) is 0.572. The van der Waals surface area contributed by atoms with Crippen LogP contribution in [-0.2, 0) is 4.74 Å². The summed E-state index contributed by atoms with van der Waals surface area (Å²) in [5.74, 6) is 0.558. The first-order valence-electron chi connectivity index (χ1n) is 4.93. The number of ether oxygens (including phenoxy) is 1. The average Bonchev–Trinajstić information content (AvgIpc) is 2.29. The largest absolute Gasteiger partial charge is 0.359 e. The highest BCUT2D eigenvalue weighted by Gasteiger charge is 2.43. The van der Waals surface area contributed by atoms with E-state index in [1.54, 1.807) is 0 Å². The molecule has 0 bridgehead atoms. The van der Waals surface area contributed by atoms with Crippen LogP contribution < -0.4 is 0 Å². The zero-order valence-corrected chi connectivity index (χ0v) is 8.92. The third-order valence-electron chi connectivity index (χ3n) is 3.13. The molecule has 0 spiro atoms. The second kappa shape index (κ2) is 3.35. The maximum Gasteiger partial charge on any atom is 0.121 e. The number of hydrogen-bond acceptors (Lipinski definition) is 2. The quantitative estimate of drug-likeness (QED) is 0.631. The Labute approximate surface area is 75.9 Å². The second-order valence-electron chi connectivity index (χ2n) is 4.16. The lowest BCUT2D eigenvalue weighted by atomic mass is 10.00. The highest BCUT2D eigenvalue weighted by atomic mass is 16.5. The van der Waals surface area contributed by atoms with Crippen LogP contribution in [0.15, 0.2) is 0 Å². The minimum Gasteiger partial charge on any atom is -0.359 e. The van der Waals surface area contributed by atoms with Crippen LogP contribution in [-0.4, -0.2) is 29.8 Å². The molecule has 2 unspecified atom stereocenters. The molecule has 0 aromatic rings. The molecule has 2 atom stereocenters. The highest BCUT2D eigenvalue weighted by Crippen LogP contribution is 2.33.